The van der Waals surface area contributed by atoms with Gasteiger partial charge >= 0.3 is 5.97 Å². The first kappa shape index (κ1) is 9.93. The standard InChI is InChI=1S/C10H16O4/c1-6(11)13-8-4-7-2-3-9(12)10(5-8)14-7/h7-10,12H,2-5H2,1H3. The van der Waals surface area contributed by atoms with Gasteiger partial charge in [0.1, 0.15) is 6.10 Å². The number of carbonyl (C=O) groups excluding carboxylic acids is 1. The maximum atomic E-state index is 10.8. The minimum absolute atomic E-state index is 0.0637. The summed E-state index contributed by atoms with van der Waals surface area (Å²) in [6.45, 7) is 1.42. The first-order chi connectivity index (χ1) is 6.65. The van der Waals surface area contributed by atoms with E-state index in [0.717, 1.165) is 19.3 Å². The van der Waals surface area contributed by atoms with Crippen LogP contribution < -0.4 is 0 Å². The van der Waals surface area contributed by atoms with Gasteiger partial charge in [0.15, 0.2) is 0 Å². The molecule has 2 aliphatic heterocycles. The lowest BCUT2D eigenvalue weighted by atomic mass is 9.88. The van der Waals surface area contributed by atoms with Crippen LogP contribution in [0.25, 0.3) is 0 Å². The van der Waals surface area contributed by atoms with Crippen molar-refractivity contribution in [1.82, 2.24) is 0 Å². The quantitative estimate of drug-likeness (QED) is 0.630. The highest BCUT2D eigenvalue weighted by molar-refractivity contribution is 5.66. The third-order valence-corrected chi connectivity index (χ3v) is 2.93. The van der Waals surface area contributed by atoms with Crippen LogP contribution in [0.3, 0.4) is 0 Å². The Balaban J connectivity index is 1.94. The molecule has 0 radical (unpaired) electrons. The molecule has 4 atom stereocenters. The molecule has 0 saturated carbocycles. The monoisotopic (exact) mass is 200 g/mol. The molecule has 2 bridgehead atoms. The fraction of sp³-hybridized carbons (Fsp3) is 0.900. The molecular weight excluding hydrogens is 184 g/mol. The Morgan fingerprint density at radius 3 is 2.93 bits per heavy atom. The highest BCUT2D eigenvalue weighted by Gasteiger charge is 2.38. The third-order valence-electron chi connectivity index (χ3n) is 2.93. The summed E-state index contributed by atoms with van der Waals surface area (Å²) in [5, 5.41) is 9.61. The van der Waals surface area contributed by atoms with E-state index in [9.17, 15) is 9.90 Å². The highest BCUT2D eigenvalue weighted by Crippen LogP contribution is 2.32. The minimum atomic E-state index is -0.385. The first-order valence-corrected chi connectivity index (χ1v) is 5.16. The number of esters is 1. The van der Waals surface area contributed by atoms with Crippen LogP contribution in [0.4, 0.5) is 0 Å². The zero-order valence-corrected chi connectivity index (χ0v) is 8.31. The first-order valence-electron chi connectivity index (χ1n) is 5.16. The summed E-state index contributed by atoms with van der Waals surface area (Å²) >= 11 is 0. The third kappa shape index (κ3) is 2.07. The summed E-state index contributed by atoms with van der Waals surface area (Å²) in [6.07, 6.45) is 2.68. The van der Waals surface area contributed by atoms with Gasteiger partial charge in [0.2, 0.25) is 0 Å². The van der Waals surface area contributed by atoms with E-state index >= 15 is 0 Å². The lowest BCUT2D eigenvalue weighted by molar-refractivity contribution is -0.185. The molecule has 4 heteroatoms. The maximum Gasteiger partial charge on any atom is 0.302 e. The molecule has 2 saturated heterocycles. The van der Waals surface area contributed by atoms with Crippen LogP contribution >= 0.6 is 0 Å². The minimum Gasteiger partial charge on any atom is -0.462 e. The van der Waals surface area contributed by atoms with E-state index in [1.807, 2.05) is 0 Å². The molecule has 0 aromatic heterocycles. The number of aliphatic hydroxyl groups excluding tert-OH is 1. The summed E-state index contributed by atoms with van der Waals surface area (Å²) in [5.41, 5.74) is 0. The second-order valence-corrected chi connectivity index (χ2v) is 4.14. The Morgan fingerprint density at radius 2 is 2.21 bits per heavy atom. The van der Waals surface area contributed by atoms with Crippen LogP contribution in [0.5, 0.6) is 0 Å². The van der Waals surface area contributed by atoms with Gasteiger partial charge in [-0.25, -0.2) is 0 Å². The van der Waals surface area contributed by atoms with Crippen molar-refractivity contribution in [1.29, 1.82) is 0 Å². The van der Waals surface area contributed by atoms with Crippen LogP contribution in [0.1, 0.15) is 32.6 Å². The number of aliphatic hydroxyl groups is 1. The summed E-state index contributed by atoms with van der Waals surface area (Å²) < 4.78 is 10.8. The van der Waals surface area contributed by atoms with Crippen molar-refractivity contribution in [2.45, 2.75) is 57.0 Å². The normalized spacial score (nSPS) is 41.9. The van der Waals surface area contributed by atoms with Gasteiger partial charge in [-0.15, -0.1) is 0 Å². The molecule has 0 aromatic rings. The van der Waals surface area contributed by atoms with Gasteiger partial charge in [0.05, 0.1) is 18.3 Å². The molecular formula is C10H16O4. The van der Waals surface area contributed by atoms with E-state index < -0.39 is 0 Å². The second kappa shape index (κ2) is 3.87. The Morgan fingerprint density at radius 1 is 1.43 bits per heavy atom. The number of ether oxygens (including phenoxy) is 2. The SMILES string of the molecule is CC(=O)OC1CC2CCC(O)C(C1)O2. The second-order valence-electron chi connectivity index (χ2n) is 4.14. The molecule has 0 spiro atoms. The molecule has 2 fully saturated rings. The molecule has 2 heterocycles. The molecule has 2 rings (SSSR count). The number of hydrogen-bond donors (Lipinski definition) is 1. The van der Waals surface area contributed by atoms with Gasteiger partial charge in [0, 0.05) is 19.8 Å². The fourth-order valence-corrected chi connectivity index (χ4v) is 2.31. The lowest BCUT2D eigenvalue weighted by Crippen LogP contribution is -2.47. The van der Waals surface area contributed by atoms with Crippen molar-refractivity contribution in [3.8, 4) is 0 Å². The van der Waals surface area contributed by atoms with E-state index in [1.54, 1.807) is 0 Å². The summed E-state index contributed by atoms with van der Waals surface area (Å²) in [6, 6.07) is 0. The number of carbonyl (C=O) groups is 1. The van der Waals surface area contributed by atoms with Crippen LogP contribution in [-0.2, 0) is 14.3 Å². The van der Waals surface area contributed by atoms with Crippen LogP contribution in [0.2, 0.25) is 0 Å². The number of hydrogen-bond acceptors (Lipinski definition) is 4. The van der Waals surface area contributed by atoms with E-state index in [0.29, 0.717) is 6.42 Å². The van der Waals surface area contributed by atoms with Crippen molar-refractivity contribution in [3.05, 3.63) is 0 Å². The Labute approximate surface area is 83.2 Å². The smallest absolute Gasteiger partial charge is 0.302 e. The Hall–Kier alpha value is -0.610. The van der Waals surface area contributed by atoms with Crippen molar-refractivity contribution in [2.24, 2.45) is 0 Å². The van der Waals surface area contributed by atoms with Crippen molar-refractivity contribution in [3.63, 3.8) is 0 Å². The predicted octanol–water partition coefficient (Wildman–Crippen LogP) is 0.620. The van der Waals surface area contributed by atoms with Crippen molar-refractivity contribution < 1.29 is 19.4 Å². The molecule has 1 N–H and O–H groups in total. The molecule has 2 aliphatic rings. The van der Waals surface area contributed by atoms with Gasteiger partial charge in [-0.05, 0) is 12.8 Å². The van der Waals surface area contributed by atoms with Crippen molar-refractivity contribution in [2.75, 3.05) is 0 Å². The summed E-state index contributed by atoms with van der Waals surface area (Å²) in [5.74, 6) is -0.246. The molecule has 0 amide bonds. The number of fused-ring (bicyclic) bond motifs is 2. The predicted molar refractivity (Wildman–Crippen MR) is 48.7 cm³/mol. The van der Waals surface area contributed by atoms with Crippen LogP contribution in [0.15, 0.2) is 0 Å². The van der Waals surface area contributed by atoms with E-state index in [4.69, 9.17) is 9.47 Å². The number of rotatable bonds is 1. The highest BCUT2D eigenvalue weighted by atomic mass is 16.6. The maximum absolute atomic E-state index is 10.8. The van der Waals surface area contributed by atoms with Gasteiger partial charge in [-0.3, -0.25) is 4.79 Å². The molecule has 0 aliphatic carbocycles. The summed E-state index contributed by atoms with van der Waals surface area (Å²) in [7, 11) is 0. The molecule has 0 aromatic carbocycles. The van der Waals surface area contributed by atoms with Crippen LogP contribution in [-0.4, -0.2) is 35.5 Å². The van der Waals surface area contributed by atoms with Gasteiger partial charge in [-0.2, -0.15) is 0 Å². The zero-order chi connectivity index (χ0) is 10.1. The fourth-order valence-electron chi connectivity index (χ4n) is 2.31. The largest absolute Gasteiger partial charge is 0.462 e. The van der Waals surface area contributed by atoms with E-state index in [2.05, 4.69) is 0 Å². The van der Waals surface area contributed by atoms with Gasteiger partial charge < -0.3 is 14.6 Å². The lowest BCUT2D eigenvalue weighted by Gasteiger charge is -2.41. The van der Waals surface area contributed by atoms with Crippen molar-refractivity contribution >= 4 is 5.97 Å². The van der Waals surface area contributed by atoms with Crippen LogP contribution in [0, 0.1) is 0 Å². The molecule has 80 valence electrons. The average molecular weight is 200 g/mol. The van der Waals surface area contributed by atoms with Gasteiger partial charge in [-0.1, -0.05) is 0 Å². The molecule has 14 heavy (non-hydrogen) atoms. The topological polar surface area (TPSA) is 55.8 Å². The summed E-state index contributed by atoms with van der Waals surface area (Å²) in [4.78, 5) is 10.8. The molecule has 4 nitrogen and oxygen atoms in total. The van der Waals surface area contributed by atoms with Gasteiger partial charge in [0.25, 0.3) is 0 Å². The Kier molecular flexibility index (Phi) is 2.74. The average Bonchev–Trinajstić information content (AvgIpc) is 2.11. The molecule has 4 unspecified atom stereocenters. The zero-order valence-electron chi connectivity index (χ0n) is 8.31. The Bertz CT molecular complexity index is 228. The van der Waals surface area contributed by atoms with E-state index in [1.165, 1.54) is 6.92 Å². The van der Waals surface area contributed by atoms with E-state index in [-0.39, 0.29) is 30.4 Å².